The van der Waals surface area contributed by atoms with Crippen molar-refractivity contribution in [3.05, 3.63) is 95.6 Å². The predicted molar refractivity (Wildman–Crippen MR) is 141 cm³/mol. The second-order valence-corrected chi connectivity index (χ2v) is 10.2. The van der Waals surface area contributed by atoms with Crippen LogP contribution in [0.3, 0.4) is 0 Å². The van der Waals surface area contributed by atoms with E-state index in [1.807, 2.05) is 30.3 Å². The Balaban J connectivity index is 1.62. The summed E-state index contributed by atoms with van der Waals surface area (Å²) >= 11 is 0. The molecule has 3 aromatic carbocycles. The van der Waals surface area contributed by atoms with Crippen LogP contribution in [0.5, 0.6) is 5.75 Å². The summed E-state index contributed by atoms with van der Waals surface area (Å²) < 4.78 is 78.8. The number of hydrogen-bond acceptors (Lipinski definition) is 6. The Labute approximate surface area is 228 Å². The number of hydrazone groups is 1. The zero-order chi connectivity index (χ0) is 28.9. The summed E-state index contributed by atoms with van der Waals surface area (Å²) in [5.74, 6) is -0.904. The molecular weight excluding hydrogens is 549 g/mol. The van der Waals surface area contributed by atoms with Crippen LogP contribution in [0.1, 0.15) is 29.5 Å². The van der Waals surface area contributed by atoms with E-state index in [1.54, 1.807) is 31.2 Å². The highest BCUT2D eigenvalue weighted by Crippen LogP contribution is 2.32. The zero-order valence-electron chi connectivity index (χ0n) is 21.2. The summed E-state index contributed by atoms with van der Waals surface area (Å²) in [5, 5.41) is 5.71. The van der Waals surface area contributed by atoms with Crippen molar-refractivity contribution in [3.8, 4) is 5.75 Å². The van der Waals surface area contributed by atoms with Gasteiger partial charge in [-0.15, -0.1) is 4.40 Å². The lowest BCUT2D eigenvalue weighted by Crippen LogP contribution is -2.33. The molecule has 1 heterocycles. The molecular formula is C27H25F3N4O5S. The molecule has 0 spiro atoms. The van der Waals surface area contributed by atoms with Crippen LogP contribution in [0.4, 0.5) is 13.2 Å². The molecule has 0 saturated carbocycles. The minimum absolute atomic E-state index is 0.133. The van der Waals surface area contributed by atoms with Gasteiger partial charge < -0.3 is 15.2 Å². The molecule has 1 atom stereocenters. The van der Waals surface area contributed by atoms with E-state index in [0.717, 1.165) is 23.8 Å². The number of nitrogens with two attached hydrogens (primary N) is 1. The van der Waals surface area contributed by atoms with Crippen LogP contribution in [0.2, 0.25) is 0 Å². The Morgan fingerprint density at radius 2 is 1.77 bits per heavy atom. The molecule has 0 aromatic heterocycles. The number of carbonyl (C=O) groups excluding carboxylic acids is 1. The first-order valence-electron chi connectivity index (χ1n) is 12.1. The average Bonchev–Trinajstić information content (AvgIpc) is 3.38. The maximum Gasteiger partial charge on any atom is 0.416 e. The summed E-state index contributed by atoms with van der Waals surface area (Å²) in [6.07, 6.45) is -4.72. The summed E-state index contributed by atoms with van der Waals surface area (Å²) in [7, 11) is -4.57. The van der Waals surface area contributed by atoms with E-state index in [4.69, 9.17) is 15.2 Å². The second-order valence-electron chi connectivity index (χ2n) is 8.60. The fraction of sp³-hybridized carbons (Fsp3) is 0.222. The van der Waals surface area contributed by atoms with E-state index in [2.05, 4.69) is 9.50 Å². The van der Waals surface area contributed by atoms with Crippen LogP contribution in [0, 0.1) is 0 Å². The highest BCUT2D eigenvalue weighted by molar-refractivity contribution is 7.90. The molecule has 13 heteroatoms. The maximum absolute atomic E-state index is 13.1. The van der Waals surface area contributed by atoms with Crippen molar-refractivity contribution >= 4 is 27.7 Å². The van der Waals surface area contributed by atoms with Crippen LogP contribution < -0.4 is 10.5 Å². The van der Waals surface area contributed by atoms with Crippen LogP contribution in [0.25, 0.3) is 0 Å². The molecule has 2 N–H and O–H groups in total. The third kappa shape index (κ3) is 6.78. The van der Waals surface area contributed by atoms with E-state index in [9.17, 15) is 26.4 Å². The van der Waals surface area contributed by atoms with Crippen molar-refractivity contribution in [1.29, 1.82) is 0 Å². The number of benzene rings is 3. The lowest BCUT2D eigenvalue weighted by atomic mass is 9.90. The molecule has 0 bridgehead atoms. The van der Waals surface area contributed by atoms with Crippen LogP contribution in [-0.2, 0) is 25.7 Å². The van der Waals surface area contributed by atoms with Crippen molar-refractivity contribution in [2.24, 2.45) is 15.2 Å². The van der Waals surface area contributed by atoms with Crippen molar-refractivity contribution in [1.82, 2.24) is 5.01 Å². The molecule has 3 aromatic rings. The monoisotopic (exact) mass is 574 g/mol. The number of ether oxygens (including phenoxy) is 2. The van der Waals surface area contributed by atoms with Gasteiger partial charge in [0.2, 0.25) is 5.96 Å². The van der Waals surface area contributed by atoms with Gasteiger partial charge in [-0.2, -0.15) is 26.7 Å². The highest BCUT2D eigenvalue weighted by Gasteiger charge is 2.33. The summed E-state index contributed by atoms with van der Waals surface area (Å²) in [4.78, 5) is 10.9. The van der Waals surface area contributed by atoms with Crippen molar-refractivity contribution in [2.45, 2.75) is 23.9 Å². The number of carbonyl (C=O) groups is 1. The van der Waals surface area contributed by atoms with Crippen LogP contribution in [-0.4, -0.2) is 50.8 Å². The Morgan fingerprint density at radius 1 is 1.07 bits per heavy atom. The van der Waals surface area contributed by atoms with Gasteiger partial charge >= 0.3 is 12.1 Å². The Kier molecular flexibility index (Phi) is 8.43. The summed E-state index contributed by atoms with van der Waals surface area (Å²) in [6.45, 7) is 1.82. The summed E-state index contributed by atoms with van der Waals surface area (Å²) in [6, 6.07) is 19.3. The molecule has 1 aliphatic heterocycles. The van der Waals surface area contributed by atoms with E-state index < -0.39 is 38.6 Å². The van der Waals surface area contributed by atoms with Gasteiger partial charge in [0.05, 0.1) is 29.3 Å². The second kappa shape index (κ2) is 11.8. The Morgan fingerprint density at radius 3 is 2.42 bits per heavy atom. The maximum atomic E-state index is 13.1. The third-order valence-electron chi connectivity index (χ3n) is 5.87. The number of alkyl halides is 3. The third-order valence-corrected chi connectivity index (χ3v) is 7.14. The van der Waals surface area contributed by atoms with Crippen LogP contribution >= 0.6 is 0 Å². The number of guanidine groups is 1. The molecule has 40 heavy (non-hydrogen) atoms. The fourth-order valence-corrected chi connectivity index (χ4v) is 4.95. The van der Waals surface area contributed by atoms with Gasteiger partial charge in [0.15, 0.2) is 6.61 Å². The number of esters is 1. The molecule has 9 nitrogen and oxygen atoms in total. The first-order chi connectivity index (χ1) is 19.0. The van der Waals surface area contributed by atoms with Crippen molar-refractivity contribution < 1.29 is 35.9 Å². The number of nitrogens with zero attached hydrogens (tertiary/aromatic N) is 3. The van der Waals surface area contributed by atoms with E-state index in [1.165, 1.54) is 5.01 Å². The molecule has 210 valence electrons. The van der Waals surface area contributed by atoms with Crippen LogP contribution in [0.15, 0.2) is 93.3 Å². The van der Waals surface area contributed by atoms with Gasteiger partial charge in [-0.1, -0.05) is 36.4 Å². The quantitative estimate of drug-likeness (QED) is 0.244. The zero-order valence-corrected chi connectivity index (χ0v) is 22.0. The van der Waals surface area contributed by atoms with Gasteiger partial charge in [-0.25, -0.2) is 9.80 Å². The number of rotatable bonds is 8. The Hall–Kier alpha value is -4.39. The first kappa shape index (κ1) is 28.6. The topological polar surface area (TPSA) is 124 Å². The molecule has 0 radical (unpaired) electrons. The van der Waals surface area contributed by atoms with Gasteiger partial charge in [-0.3, -0.25) is 0 Å². The SMILES string of the molecule is CCOC(=O)COc1ccc(C2=NN(/C(N)=N/S(=O)(=O)c3cccc(C(F)(F)F)c3)CC2c2ccccc2)cc1. The molecule has 4 rings (SSSR count). The molecule has 1 unspecified atom stereocenters. The first-order valence-corrected chi connectivity index (χ1v) is 13.5. The van der Waals surface area contributed by atoms with Crippen molar-refractivity contribution in [2.75, 3.05) is 19.8 Å². The van der Waals surface area contributed by atoms with Gasteiger partial charge in [-0.05, 0) is 60.5 Å². The normalized spacial score (nSPS) is 16.0. The van der Waals surface area contributed by atoms with E-state index in [0.29, 0.717) is 23.1 Å². The standard InChI is InChI=1S/C27H25F3N4O5S/c1-2-38-24(35)17-39-21-13-11-19(12-14-21)25-23(18-7-4-3-5-8-18)16-34(32-25)26(31)33-40(36,37)22-10-6-9-20(15-22)27(28,29)30/h3-15,23H,2,16-17H2,1H3,(H2,31,33). The van der Waals surface area contributed by atoms with Gasteiger partial charge in [0, 0.05) is 5.92 Å². The number of sulfonamides is 1. The minimum Gasteiger partial charge on any atom is -0.482 e. The molecule has 0 amide bonds. The predicted octanol–water partition coefficient (Wildman–Crippen LogP) is 4.15. The average molecular weight is 575 g/mol. The molecule has 0 aliphatic carbocycles. The minimum atomic E-state index is -4.72. The Bertz CT molecular complexity index is 1530. The lowest BCUT2D eigenvalue weighted by Gasteiger charge is -2.16. The highest BCUT2D eigenvalue weighted by atomic mass is 32.2. The molecule has 0 saturated heterocycles. The molecule has 0 fully saturated rings. The smallest absolute Gasteiger partial charge is 0.416 e. The van der Waals surface area contributed by atoms with Gasteiger partial charge in [0.25, 0.3) is 10.0 Å². The molecule has 1 aliphatic rings. The summed E-state index contributed by atoms with van der Waals surface area (Å²) in [5.41, 5.74) is 7.01. The lowest BCUT2D eigenvalue weighted by molar-refractivity contribution is -0.145. The fourth-order valence-electron chi connectivity index (χ4n) is 3.97. The van der Waals surface area contributed by atoms with E-state index in [-0.39, 0.29) is 25.7 Å². The van der Waals surface area contributed by atoms with Crippen molar-refractivity contribution in [3.63, 3.8) is 0 Å². The largest absolute Gasteiger partial charge is 0.482 e. The number of halogens is 3. The van der Waals surface area contributed by atoms with E-state index >= 15 is 0 Å². The number of hydrogen-bond donors (Lipinski definition) is 1. The van der Waals surface area contributed by atoms with Gasteiger partial charge in [0.1, 0.15) is 5.75 Å².